The summed E-state index contributed by atoms with van der Waals surface area (Å²) in [5.74, 6) is 1.70. The third-order valence-electron chi connectivity index (χ3n) is 4.94. The Morgan fingerprint density at radius 3 is 2.34 bits per heavy atom. The van der Waals surface area contributed by atoms with Crippen molar-refractivity contribution in [3.63, 3.8) is 0 Å². The molecule has 4 rings (SSSR count). The lowest BCUT2D eigenvalue weighted by Gasteiger charge is -2.20. The van der Waals surface area contributed by atoms with E-state index in [1.165, 1.54) is 11.1 Å². The molecule has 2 heterocycles. The number of methoxy groups -OCH3 is 1. The Morgan fingerprint density at radius 2 is 1.69 bits per heavy atom. The fraction of sp³-hybridized carbons (Fsp3) is 0.227. The lowest BCUT2D eigenvalue weighted by atomic mass is 10.1. The maximum absolute atomic E-state index is 5.47. The standard InChI is InChI=1S/C22H23N5OS/c1-15(16-8-4-3-5-9-16)23-22(29)26-21-24-19(12-20(25-21)28-2)27-13-17-10-6-7-11-18(17)14-27/h3-12,15H,13-14H2,1-2H3,(H2,23,24,25,26,29)/t15-/m1/s1. The van der Waals surface area contributed by atoms with Gasteiger partial charge in [-0.15, -0.1) is 0 Å². The third-order valence-corrected chi connectivity index (χ3v) is 5.16. The number of rotatable bonds is 5. The van der Waals surface area contributed by atoms with Crippen LogP contribution >= 0.6 is 12.2 Å². The van der Waals surface area contributed by atoms with Crippen LogP contribution in [-0.2, 0) is 13.1 Å². The maximum Gasteiger partial charge on any atom is 0.234 e. The summed E-state index contributed by atoms with van der Waals surface area (Å²) in [6, 6.07) is 20.5. The minimum Gasteiger partial charge on any atom is -0.481 e. The average Bonchev–Trinajstić information content (AvgIpc) is 3.18. The first-order valence-corrected chi connectivity index (χ1v) is 9.90. The molecule has 0 bridgehead atoms. The molecule has 0 aliphatic carbocycles. The van der Waals surface area contributed by atoms with E-state index >= 15 is 0 Å². The van der Waals surface area contributed by atoms with E-state index in [9.17, 15) is 0 Å². The maximum atomic E-state index is 5.47. The number of nitrogens with one attached hydrogen (secondary N) is 2. The van der Waals surface area contributed by atoms with Gasteiger partial charge in [0.1, 0.15) is 5.82 Å². The topological polar surface area (TPSA) is 62.3 Å². The molecule has 0 radical (unpaired) electrons. The fourth-order valence-corrected chi connectivity index (χ4v) is 3.66. The van der Waals surface area contributed by atoms with Gasteiger partial charge in [0.2, 0.25) is 11.8 Å². The SMILES string of the molecule is COc1cc(N2Cc3ccccc3C2)nc(NC(=S)N[C@H](C)c2ccccc2)n1. The van der Waals surface area contributed by atoms with Gasteiger partial charge in [-0.3, -0.25) is 0 Å². The lowest BCUT2D eigenvalue weighted by molar-refractivity contribution is 0.397. The predicted octanol–water partition coefficient (Wildman–Crippen LogP) is 4.05. The highest BCUT2D eigenvalue weighted by molar-refractivity contribution is 7.80. The van der Waals surface area contributed by atoms with Gasteiger partial charge >= 0.3 is 0 Å². The summed E-state index contributed by atoms with van der Waals surface area (Å²) in [6.07, 6.45) is 0. The first-order chi connectivity index (χ1) is 14.1. The minimum absolute atomic E-state index is 0.0642. The zero-order chi connectivity index (χ0) is 20.2. The van der Waals surface area contributed by atoms with Crippen LogP contribution in [-0.4, -0.2) is 22.2 Å². The average molecular weight is 406 g/mol. The van der Waals surface area contributed by atoms with E-state index in [-0.39, 0.29) is 6.04 Å². The van der Waals surface area contributed by atoms with E-state index in [0.717, 1.165) is 24.5 Å². The largest absolute Gasteiger partial charge is 0.481 e. The fourth-order valence-electron chi connectivity index (χ4n) is 3.39. The Hall–Kier alpha value is -3.19. The zero-order valence-corrected chi connectivity index (χ0v) is 17.2. The number of thiocarbonyl (C=S) groups is 1. The van der Waals surface area contributed by atoms with Crippen molar-refractivity contribution in [2.45, 2.75) is 26.1 Å². The highest BCUT2D eigenvalue weighted by Crippen LogP contribution is 2.29. The van der Waals surface area contributed by atoms with Crippen LogP contribution in [0, 0.1) is 0 Å². The Labute approximate surface area is 176 Å². The van der Waals surface area contributed by atoms with Crippen molar-refractivity contribution in [3.8, 4) is 5.88 Å². The molecule has 1 aliphatic heterocycles. The summed E-state index contributed by atoms with van der Waals surface area (Å²) >= 11 is 5.47. The molecule has 1 aromatic heterocycles. The van der Waals surface area contributed by atoms with E-state index in [1.807, 2.05) is 24.3 Å². The van der Waals surface area contributed by atoms with E-state index < -0.39 is 0 Å². The van der Waals surface area contributed by atoms with Gasteiger partial charge < -0.3 is 20.3 Å². The summed E-state index contributed by atoms with van der Waals surface area (Å²) in [7, 11) is 1.60. The molecule has 29 heavy (non-hydrogen) atoms. The second-order valence-corrected chi connectivity index (χ2v) is 7.36. The summed E-state index contributed by atoms with van der Waals surface area (Å²) < 4.78 is 5.38. The summed E-state index contributed by atoms with van der Waals surface area (Å²) in [5, 5.41) is 6.83. The molecule has 0 saturated heterocycles. The van der Waals surface area contributed by atoms with Crippen LogP contribution in [0.15, 0.2) is 60.7 Å². The van der Waals surface area contributed by atoms with Gasteiger partial charge in [-0.1, -0.05) is 54.6 Å². The summed E-state index contributed by atoms with van der Waals surface area (Å²) in [5.41, 5.74) is 3.78. The van der Waals surface area contributed by atoms with Crippen LogP contribution in [0.3, 0.4) is 0 Å². The van der Waals surface area contributed by atoms with Gasteiger partial charge in [-0.25, -0.2) is 0 Å². The highest BCUT2D eigenvalue weighted by atomic mass is 32.1. The molecule has 0 saturated carbocycles. The number of benzene rings is 2. The van der Waals surface area contributed by atoms with Crippen molar-refractivity contribution in [2.75, 3.05) is 17.3 Å². The second kappa shape index (κ2) is 8.45. The van der Waals surface area contributed by atoms with Crippen LogP contribution in [0.2, 0.25) is 0 Å². The lowest BCUT2D eigenvalue weighted by Crippen LogP contribution is -2.31. The number of nitrogens with zero attached hydrogens (tertiary/aromatic N) is 3. The molecular formula is C22H23N5OS. The number of aromatic nitrogens is 2. The molecular weight excluding hydrogens is 382 g/mol. The Kier molecular flexibility index (Phi) is 5.57. The minimum atomic E-state index is 0.0642. The zero-order valence-electron chi connectivity index (χ0n) is 16.4. The molecule has 2 N–H and O–H groups in total. The molecule has 1 aliphatic rings. The van der Waals surface area contributed by atoms with Gasteiger partial charge in [0, 0.05) is 19.2 Å². The first-order valence-electron chi connectivity index (χ1n) is 9.49. The third kappa shape index (κ3) is 4.46. The van der Waals surface area contributed by atoms with E-state index in [4.69, 9.17) is 17.0 Å². The number of ether oxygens (including phenoxy) is 1. The van der Waals surface area contributed by atoms with Gasteiger partial charge in [-0.05, 0) is 35.8 Å². The van der Waals surface area contributed by atoms with Crippen LogP contribution in [0.4, 0.5) is 11.8 Å². The molecule has 2 aromatic carbocycles. The van der Waals surface area contributed by atoms with Crippen LogP contribution in [0.5, 0.6) is 5.88 Å². The van der Waals surface area contributed by atoms with Crippen LogP contribution < -0.4 is 20.3 Å². The van der Waals surface area contributed by atoms with E-state index in [2.05, 4.69) is 68.8 Å². The molecule has 6 nitrogen and oxygen atoms in total. The smallest absolute Gasteiger partial charge is 0.234 e. The van der Waals surface area contributed by atoms with E-state index in [1.54, 1.807) is 7.11 Å². The van der Waals surface area contributed by atoms with Crippen molar-refractivity contribution in [1.82, 2.24) is 15.3 Å². The van der Waals surface area contributed by atoms with Crippen molar-refractivity contribution >= 4 is 29.1 Å². The Balaban J connectivity index is 1.48. The first kappa shape index (κ1) is 19.1. The quantitative estimate of drug-likeness (QED) is 0.621. The number of anilines is 2. The second-order valence-electron chi connectivity index (χ2n) is 6.95. The van der Waals surface area contributed by atoms with Crippen molar-refractivity contribution in [3.05, 3.63) is 77.4 Å². The van der Waals surface area contributed by atoms with Gasteiger partial charge in [0.25, 0.3) is 0 Å². The number of hydrogen-bond donors (Lipinski definition) is 2. The predicted molar refractivity (Wildman–Crippen MR) is 119 cm³/mol. The van der Waals surface area contributed by atoms with Gasteiger partial charge in [0.15, 0.2) is 5.11 Å². The van der Waals surface area contributed by atoms with Gasteiger partial charge in [-0.2, -0.15) is 9.97 Å². The molecule has 0 unspecified atom stereocenters. The number of hydrogen-bond acceptors (Lipinski definition) is 5. The van der Waals surface area contributed by atoms with Crippen LogP contribution in [0.25, 0.3) is 0 Å². The van der Waals surface area contributed by atoms with E-state index in [0.29, 0.717) is 16.9 Å². The van der Waals surface area contributed by atoms with Gasteiger partial charge in [0.05, 0.1) is 13.2 Å². The van der Waals surface area contributed by atoms with Crippen molar-refractivity contribution < 1.29 is 4.74 Å². The molecule has 3 aromatic rings. The molecule has 1 atom stereocenters. The normalized spacial score (nSPS) is 13.5. The summed E-state index contributed by atoms with van der Waals surface area (Å²) in [4.78, 5) is 11.3. The van der Waals surface area contributed by atoms with Crippen molar-refractivity contribution in [2.24, 2.45) is 0 Å². The van der Waals surface area contributed by atoms with Crippen LogP contribution in [0.1, 0.15) is 29.7 Å². The number of fused-ring (bicyclic) bond motifs is 1. The molecule has 0 spiro atoms. The molecule has 7 heteroatoms. The molecule has 0 fully saturated rings. The monoisotopic (exact) mass is 405 g/mol. The Morgan fingerprint density at radius 1 is 1.03 bits per heavy atom. The molecule has 0 amide bonds. The molecule has 148 valence electrons. The Bertz CT molecular complexity index is 986. The van der Waals surface area contributed by atoms with Crippen molar-refractivity contribution in [1.29, 1.82) is 0 Å². The summed E-state index contributed by atoms with van der Waals surface area (Å²) in [6.45, 7) is 3.68. The highest BCUT2D eigenvalue weighted by Gasteiger charge is 2.21.